The molecule has 0 radical (unpaired) electrons. The summed E-state index contributed by atoms with van der Waals surface area (Å²) < 4.78 is 36.6. The van der Waals surface area contributed by atoms with Gasteiger partial charge in [0.25, 0.3) is 0 Å². The lowest BCUT2D eigenvalue weighted by atomic mass is 10.1. The number of hydrogen-bond donors (Lipinski definition) is 0. The SMILES string of the molecule is O=C(OCC1OC(OC(=O)c2ccccc2)C(F)[C@@H]1OC(=O)c1ccccc1)c1ccccc1. The van der Waals surface area contributed by atoms with Crippen LogP contribution in [0.25, 0.3) is 0 Å². The summed E-state index contributed by atoms with van der Waals surface area (Å²) in [5.74, 6) is -2.24. The number of rotatable bonds is 7. The van der Waals surface area contributed by atoms with Gasteiger partial charge in [-0.15, -0.1) is 0 Å². The minimum absolute atomic E-state index is 0.204. The summed E-state index contributed by atoms with van der Waals surface area (Å²) in [6.45, 7) is -0.416. The van der Waals surface area contributed by atoms with E-state index in [4.69, 9.17) is 18.9 Å². The Hall–Kier alpha value is -4.04. The van der Waals surface area contributed by atoms with Gasteiger partial charge in [0.15, 0.2) is 6.10 Å². The molecule has 0 spiro atoms. The van der Waals surface area contributed by atoms with Gasteiger partial charge in [-0.1, -0.05) is 54.6 Å². The number of benzene rings is 3. The number of carbonyl (C=O) groups excluding carboxylic acids is 3. The molecule has 0 bridgehead atoms. The fraction of sp³-hybridized carbons (Fsp3) is 0.192. The minimum atomic E-state index is -2.00. The van der Waals surface area contributed by atoms with Gasteiger partial charge in [-0.3, -0.25) is 0 Å². The molecule has 0 N–H and O–H groups in total. The van der Waals surface area contributed by atoms with Gasteiger partial charge in [0.2, 0.25) is 12.5 Å². The van der Waals surface area contributed by atoms with E-state index >= 15 is 4.39 Å². The van der Waals surface area contributed by atoms with E-state index in [2.05, 4.69) is 0 Å². The second kappa shape index (κ2) is 10.7. The number of carbonyl (C=O) groups is 3. The van der Waals surface area contributed by atoms with Crippen LogP contribution in [0.1, 0.15) is 31.1 Å². The molecule has 7 nitrogen and oxygen atoms in total. The number of hydrogen-bond acceptors (Lipinski definition) is 7. The van der Waals surface area contributed by atoms with Gasteiger partial charge < -0.3 is 18.9 Å². The maximum absolute atomic E-state index is 15.3. The van der Waals surface area contributed by atoms with Crippen molar-refractivity contribution in [3.63, 3.8) is 0 Å². The summed E-state index contributed by atoms with van der Waals surface area (Å²) in [6.07, 6.45) is -6.31. The summed E-state index contributed by atoms with van der Waals surface area (Å²) in [5, 5.41) is 0. The van der Waals surface area contributed by atoms with E-state index in [1.165, 1.54) is 24.3 Å². The Bertz CT molecular complexity index is 1120. The molecule has 0 aliphatic carbocycles. The lowest BCUT2D eigenvalue weighted by Crippen LogP contribution is -2.37. The number of ether oxygens (including phenoxy) is 4. The minimum Gasteiger partial charge on any atom is -0.459 e. The van der Waals surface area contributed by atoms with Crippen LogP contribution in [-0.2, 0) is 18.9 Å². The van der Waals surface area contributed by atoms with E-state index in [1.807, 2.05) is 0 Å². The first kappa shape index (κ1) is 23.1. The second-order valence-corrected chi connectivity index (χ2v) is 7.46. The molecule has 3 unspecified atom stereocenters. The Balaban J connectivity index is 1.47. The standard InChI is InChI=1S/C26H21FO7/c27-21-22(33-24(29)18-12-6-2-7-13-18)20(16-31-23(28)17-10-4-1-5-11-17)32-26(21)34-25(30)19-14-8-3-9-15-19/h1-15,20-22,26H,16H2/t20?,21?,22-,26?/m1/s1. The van der Waals surface area contributed by atoms with Gasteiger partial charge in [0, 0.05) is 0 Å². The molecule has 1 aliphatic rings. The van der Waals surface area contributed by atoms with Gasteiger partial charge in [0.05, 0.1) is 16.7 Å². The van der Waals surface area contributed by atoms with Crippen LogP contribution in [0.3, 0.4) is 0 Å². The van der Waals surface area contributed by atoms with Crippen LogP contribution < -0.4 is 0 Å². The first-order chi connectivity index (χ1) is 16.5. The molecule has 1 saturated heterocycles. The lowest BCUT2D eigenvalue weighted by Gasteiger charge is -2.19. The molecule has 3 aromatic rings. The summed E-state index contributed by atoms with van der Waals surface area (Å²) in [4.78, 5) is 37.2. The lowest BCUT2D eigenvalue weighted by molar-refractivity contribution is -0.129. The summed E-state index contributed by atoms with van der Waals surface area (Å²) >= 11 is 0. The van der Waals surface area contributed by atoms with Crippen molar-refractivity contribution in [3.05, 3.63) is 108 Å². The van der Waals surface area contributed by atoms with Crippen molar-refractivity contribution in [1.82, 2.24) is 0 Å². The van der Waals surface area contributed by atoms with E-state index < -0.39 is 49.2 Å². The van der Waals surface area contributed by atoms with Crippen molar-refractivity contribution in [2.75, 3.05) is 6.61 Å². The summed E-state index contributed by atoms with van der Waals surface area (Å²) in [7, 11) is 0. The van der Waals surface area contributed by atoms with Gasteiger partial charge in [0.1, 0.15) is 12.7 Å². The first-order valence-electron chi connectivity index (χ1n) is 10.6. The van der Waals surface area contributed by atoms with E-state index in [9.17, 15) is 14.4 Å². The molecule has 0 amide bonds. The molecule has 34 heavy (non-hydrogen) atoms. The molecule has 1 fully saturated rings. The molecular formula is C26H21FO7. The third-order valence-electron chi connectivity index (χ3n) is 5.12. The Morgan fingerprint density at radius 2 is 1.12 bits per heavy atom. The maximum atomic E-state index is 15.3. The van der Waals surface area contributed by atoms with Gasteiger partial charge in [-0.05, 0) is 36.4 Å². The van der Waals surface area contributed by atoms with Crippen LogP contribution in [0, 0.1) is 0 Å². The molecule has 3 aromatic carbocycles. The van der Waals surface area contributed by atoms with Crippen LogP contribution in [0.5, 0.6) is 0 Å². The Labute approximate surface area is 195 Å². The fourth-order valence-electron chi connectivity index (χ4n) is 3.38. The first-order valence-corrected chi connectivity index (χ1v) is 10.6. The summed E-state index contributed by atoms with van der Waals surface area (Å²) in [5.41, 5.74) is 0.705. The van der Waals surface area contributed by atoms with Gasteiger partial charge in [-0.25, -0.2) is 18.8 Å². The Kier molecular flexibility index (Phi) is 7.29. The molecule has 174 valence electrons. The van der Waals surface area contributed by atoms with Crippen molar-refractivity contribution < 1.29 is 37.7 Å². The zero-order valence-electron chi connectivity index (χ0n) is 17.9. The van der Waals surface area contributed by atoms with Crippen molar-refractivity contribution in [2.45, 2.75) is 24.7 Å². The highest BCUT2D eigenvalue weighted by molar-refractivity contribution is 5.90. The molecule has 8 heteroatoms. The highest BCUT2D eigenvalue weighted by atomic mass is 19.1. The molecular weight excluding hydrogens is 443 g/mol. The second-order valence-electron chi connectivity index (χ2n) is 7.46. The molecule has 0 saturated carbocycles. The number of alkyl halides is 1. The smallest absolute Gasteiger partial charge is 0.340 e. The van der Waals surface area contributed by atoms with Crippen LogP contribution in [0.4, 0.5) is 4.39 Å². The largest absolute Gasteiger partial charge is 0.459 e. The van der Waals surface area contributed by atoms with Crippen molar-refractivity contribution in [1.29, 1.82) is 0 Å². The number of halogens is 1. The monoisotopic (exact) mass is 464 g/mol. The predicted octanol–water partition coefficient (Wildman–Crippen LogP) is 3.99. The molecule has 4 atom stereocenters. The van der Waals surface area contributed by atoms with Crippen molar-refractivity contribution in [2.24, 2.45) is 0 Å². The molecule has 4 rings (SSSR count). The van der Waals surface area contributed by atoms with Crippen molar-refractivity contribution >= 4 is 17.9 Å². The normalized spacial score (nSPS) is 21.4. The quantitative estimate of drug-likeness (QED) is 0.386. The molecule has 1 aliphatic heterocycles. The highest BCUT2D eigenvalue weighted by Crippen LogP contribution is 2.29. The molecule has 1 heterocycles. The number of esters is 3. The van der Waals surface area contributed by atoms with E-state index in [0.717, 1.165) is 0 Å². The maximum Gasteiger partial charge on any atom is 0.340 e. The van der Waals surface area contributed by atoms with E-state index in [-0.39, 0.29) is 11.1 Å². The van der Waals surface area contributed by atoms with Gasteiger partial charge >= 0.3 is 17.9 Å². The average Bonchev–Trinajstić information content (AvgIpc) is 3.17. The van der Waals surface area contributed by atoms with Crippen LogP contribution >= 0.6 is 0 Å². The van der Waals surface area contributed by atoms with E-state index in [1.54, 1.807) is 66.7 Å². The third kappa shape index (κ3) is 5.47. The molecule has 0 aromatic heterocycles. The fourth-order valence-corrected chi connectivity index (χ4v) is 3.38. The predicted molar refractivity (Wildman–Crippen MR) is 118 cm³/mol. The average molecular weight is 464 g/mol. The van der Waals surface area contributed by atoms with Gasteiger partial charge in [-0.2, -0.15) is 0 Å². The summed E-state index contributed by atoms with van der Waals surface area (Å²) in [6, 6.07) is 24.2. The van der Waals surface area contributed by atoms with Crippen LogP contribution in [-0.4, -0.2) is 49.2 Å². The Morgan fingerprint density at radius 1 is 0.676 bits per heavy atom. The topological polar surface area (TPSA) is 88.1 Å². The third-order valence-corrected chi connectivity index (χ3v) is 5.12. The van der Waals surface area contributed by atoms with E-state index in [0.29, 0.717) is 5.56 Å². The van der Waals surface area contributed by atoms with Crippen LogP contribution in [0.2, 0.25) is 0 Å². The highest BCUT2D eigenvalue weighted by Gasteiger charge is 2.50. The van der Waals surface area contributed by atoms with Crippen LogP contribution in [0.15, 0.2) is 91.0 Å². The Morgan fingerprint density at radius 3 is 1.62 bits per heavy atom. The zero-order valence-corrected chi connectivity index (χ0v) is 17.9. The van der Waals surface area contributed by atoms with Crippen molar-refractivity contribution in [3.8, 4) is 0 Å². The zero-order chi connectivity index (χ0) is 23.9.